The fraction of sp³-hybridized carbons (Fsp3) is 0.167. The summed E-state index contributed by atoms with van der Waals surface area (Å²) in [6.45, 7) is 3.80. The lowest BCUT2D eigenvalue weighted by Crippen LogP contribution is -2.24. The van der Waals surface area contributed by atoms with Gasteiger partial charge in [-0.3, -0.25) is 9.59 Å². The van der Waals surface area contributed by atoms with Gasteiger partial charge in [-0.2, -0.15) is 0 Å². The second-order valence-electron chi connectivity index (χ2n) is 3.27. The van der Waals surface area contributed by atoms with E-state index in [1.807, 2.05) is 12.1 Å². The van der Waals surface area contributed by atoms with Crippen LogP contribution < -0.4 is 11.1 Å². The van der Waals surface area contributed by atoms with Crippen LogP contribution in [-0.4, -0.2) is 18.4 Å². The molecule has 0 aliphatic heterocycles. The van der Waals surface area contributed by atoms with Crippen molar-refractivity contribution in [1.29, 1.82) is 0 Å². The Morgan fingerprint density at radius 3 is 2.69 bits per heavy atom. The average molecular weight is 218 g/mol. The van der Waals surface area contributed by atoms with E-state index in [1.54, 1.807) is 12.1 Å². The van der Waals surface area contributed by atoms with Crippen molar-refractivity contribution in [2.24, 2.45) is 5.73 Å². The molecule has 0 unspecified atom stereocenters. The molecule has 0 aliphatic rings. The second-order valence-corrected chi connectivity index (χ2v) is 3.27. The first-order chi connectivity index (χ1) is 7.65. The number of carbonyl (C=O) groups excluding carboxylic acids is 2. The van der Waals surface area contributed by atoms with Crippen LogP contribution in [-0.2, 0) is 11.2 Å². The SMILES string of the molecule is C=CC(=O)NCCc1ccccc1C(N)=O. The molecule has 0 radical (unpaired) electrons. The zero-order valence-corrected chi connectivity index (χ0v) is 8.90. The van der Waals surface area contributed by atoms with E-state index >= 15 is 0 Å². The summed E-state index contributed by atoms with van der Waals surface area (Å²) in [5.74, 6) is -0.679. The Kier molecular flexibility index (Phi) is 4.27. The molecule has 4 heteroatoms. The number of rotatable bonds is 5. The molecule has 0 heterocycles. The van der Waals surface area contributed by atoms with Gasteiger partial charge in [0.1, 0.15) is 0 Å². The van der Waals surface area contributed by atoms with Gasteiger partial charge >= 0.3 is 0 Å². The van der Waals surface area contributed by atoms with Crippen molar-refractivity contribution in [2.75, 3.05) is 6.54 Å². The zero-order valence-electron chi connectivity index (χ0n) is 8.90. The fourth-order valence-corrected chi connectivity index (χ4v) is 1.37. The molecule has 84 valence electrons. The Morgan fingerprint density at radius 2 is 2.06 bits per heavy atom. The van der Waals surface area contributed by atoms with Crippen molar-refractivity contribution in [2.45, 2.75) is 6.42 Å². The number of primary amides is 1. The van der Waals surface area contributed by atoms with Crippen LogP contribution in [0.25, 0.3) is 0 Å². The van der Waals surface area contributed by atoms with Gasteiger partial charge in [0.15, 0.2) is 0 Å². The molecule has 0 saturated carbocycles. The van der Waals surface area contributed by atoms with Crippen molar-refractivity contribution in [3.63, 3.8) is 0 Å². The highest BCUT2D eigenvalue weighted by Gasteiger charge is 2.06. The van der Waals surface area contributed by atoms with Crippen molar-refractivity contribution < 1.29 is 9.59 Å². The molecule has 0 saturated heterocycles. The van der Waals surface area contributed by atoms with E-state index in [0.717, 1.165) is 5.56 Å². The number of hydrogen-bond acceptors (Lipinski definition) is 2. The summed E-state index contributed by atoms with van der Waals surface area (Å²) in [5.41, 5.74) is 6.56. The Morgan fingerprint density at radius 1 is 1.38 bits per heavy atom. The molecule has 3 N–H and O–H groups in total. The molecular weight excluding hydrogens is 204 g/mol. The number of carbonyl (C=O) groups is 2. The van der Waals surface area contributed by atoms with E-state index in [9.17, 15) is 9.59 Å². The van der Waals surface area contributed by atoms with Gasteiger partial charge in [0.25, 0.3) is 0 Å². The first-order valence-corrected chi connectivity index (χ1v) is 4.93. The van der Waals surface area contributed by atoms with Crippen LogP contribution in [0.2, 0.25) is 0 Å². The number of nitrogens with one attached hydrogen (secondary N) is 1. The molecule has 4 nitrogen and oxygen atoms in total. The van der Waals surface area contributed by atoms with Crippen LogP contribution in [0.1, 0.15) is 15.9 Å². The molecule has 0 aromatic heterocycles. The topological polar surface area (TPSA) is 72.2 Å². The number of amides is 2. The van der Waals surface area contributed by atoms with Gasteiger partial charge in [-0.25, -0.2) is 0 Å². The molecule has 0 aliphatic carbocycles. The minimum absolute atomic E-state index is 0.225. The van der Waals surface area contributed by atoms with Gasteiger partial charge in [0, 0.05) is 12.1 Å². The Balaban J connectivity index is 2.63. The number of nitrogens with two attached hydrogens (primary N) is 1. The largest absolute Gasteiger partial charge is 0.366 e. The molecule has 1 aromatic carbocycles. The third-order valence-corrected chi connectivity index (χ3v) is 2.16. The summed E-state index contributed by atoms with van der Waals surface area (Å²) in [5, 5.41) is 2.64. The Bertz CT molecular complexity index is 413. The highest BCUT2D eigenvalue weighted by Crippen LogP contribution is 2.08. The lowest BCUT2D eigenvalue weighted by Gasteiger charge is -2.06. The molecule has 2 amide bonds. The van der Waals surface area contributed by atoms with E-state index in [1.165, 1.54) is 6.08 Å². The van der Waals surface area contributed by atoms with Crippen molar-refractivity contribution in [1.82, 2.24) is 5.32 Å². The van der Waals surface area contributed by atoms with Gasteiger partial charge < -0.3 is 11.1 Å². The maximum absolute atomic E-state index is 11.1. The van der Waals surface area contributed by atoms with Crippen molar-refractivity contribution in [3.05, 3.63) is 48.0 Å². The van der Waals surface area contributed by atoms with Gasteiger partial charge in [-0.1, -0.05) is 24.8 Å². The minimum atomic E-state index is -0.453. The summed E-state index contributed by atoms with van der Waals surface area (Å²) in [6, 6.07) is 7.08. The summed E-state index contributed by atoms with van der Waals surface area (Å²) in [4.78, 5) is 22.0. The highest BCUT2D eigenvalue weighted by atomic mass is 16.1. The number of benzene rings is 1. The molecule has 1 rings (SSSR count). The molecule has 0 fully saturated rings. The monoisotopic (exact) mass is 218 g/mol. The molecular formula is C12H14N2O2. The van der Waals surface area contributed by atoms with Crippen LogP contribution in [0.5, 0.6) is 0 Å². The van der Waals surface area contributed by atoms with E-state index in [-0.39, 0.29) is 5.91 Å². The quantitative estimate of drug-likeness (QED) is 0.711. The third kappa shape index (κ3) is 3.24. The Hall–Kier alpha value is -2.10. The molecule has 0 bridgehead atoms. The lowest BCUT2D eigenvalue weighted by molar-refractivity contribution is -0.116. The van der Waals surface area contributed by atoms with Gasteiger partial charge in [-0.15, -0.1) is 0 Å². The second kappa shape index (κ2) is 5.70. The van der Waals surface area contributed by atoms with E-state index in [2.05, 4.69) is 11.9 Å². The van der Waals surface area contributed by atoms with Crippen LogP contribution >= 0.6 is 0 Å². The summed E-state index contributed by atoms with van der Waals surface area (Å²) in [6.07, 6.45) is 1.78. The summed E-state index contributed by atoms with van der Waals surface area (Å²) < 4.78 is 0. The summed E-state index contributed by atoms with van der Waals surface area (Å²) >= 11 is 0. The average Bonchev–Trinajstić information content (AvgIpc) is 2.29. The van der Waals surface area contributed by atoms with Gasteiger partial charge in [-0.05, 0) is 24.1 Å². The summed E-state index contributed by atoms with van der Waals surface area (Å²) in [7, 11) is 0. The fourth-order valence-electron chi connectivity index (χ4n) is 1.37. The molecule has 0 spiro atoms. The Labute approximate surface area is 94.1 Å². The first kappa shape index (κ1) is 12.0. The lowest BCUT2D eigenvalue weighted by atomic mass is 10.0. The van der Waals surface area contributed by atoms with Crippen LogP contribution in [0, 0.1) is 0 Å². The maximum atomic E-state index is 11.1. The smallest absolute Gasteiger partial charge is 0.248 e. The third-order valence-electron chi connectivity index (χ3n) is 2.16. The van der Waals surface area contributed by atoms with Crippen molar-refractivity contribution in [3.8, 4) is 0 Å². The molecule has 16 heavy (non-hydrogen) atoms. The number of hydrogen-bond donors (Lipinski definition) is 2. The molecule has 0 atom stereocenters. The van der Waals surface area contributed by atoms with E-state index in [0.29, 0.717) is 18.5 Å². The van der Waals surface area contributed by atoms with E-state index in [4.69, 9.17) is 5.73 Å². The first-order valence-electron chi connectivity index (χ1n) is 4.93. The van der Waals surface area contributed by atoms with E-state index < -0.39 is 5.91 Å². The van der Waals surface area contributed by atoms with Crippen LogP contribution in [0.15, 0.2) is 36.9 Å². The maximum Gasteiger partial charge on any atom is 0.248 e. The normalized spacial score (nSPS) is 9.50. The molecule has 1 aromatic rings. The highest BCUT2D eigenvalue weighted by molar-refractivity contribution is 5.94. The zero-order chi connectivity index (χ0) is 12.0. The van der Waals surface area contributed by atoms with Gasteiger partial charge in [0.05, 0.1) is 0 Å². The standard InChI is InChI=1S/C12H14N2O2/c1-2-11(15)14-8-7-9-5-3-4-6-10(9)12(13)16/h2-6H,1,7-8H2,(H2,13,16)(H,14,15). The minimum Gasteiger partial charge on any atom is -0.366 e. The van der Waals surface area contributed by atoms with Crippen molar-refractivity contribution >= 4 is 11.8 Å². The predicted molar refractivity (Wildman–Crippen MR) is 61.9 cm³/mol. The predicted octanol–water partition coefficient (Wildman–Crippen LogP) is 0.630. The van der Waals surface area contributed by atoms with Gasteiger partial charge in [0.2, 0.25) is 11.8 Å². The van der Waals surface area contributed by atoms with Crippen LogP contribution in [0.4, 0.5) is 0 Å². The van der Waals surface area contributed by atoms with Crippen LogP contribution in [0.3, 0.4) is 0 Å².